The van der Waals surface area contributed by atoms with Gasteiger partial charge in [-0.2, -0.15) is 0 Å². The van der Waals surface area contributed by atoms with Crippen molar-refractivity contribution in [1.82, 2.24) is 5.32 Å². The molecule has 1 aromatic rings. The lowest BCUT2D eigenvalue weighted by Crippen LogP contribution is -2.21. The van der Waals surface area contributed by atoms with E-state index in [2.05, 4.69) is 5.32 Å². The Morgan fingerprint density at radius 3 is 2.83 bits per heavy atom. The molecule has 3 nitrogen and oxygen atoms in total. The van der Waals surface area contributed by atoms with Crippen LogP contribution in [0.5, 0.6) is 11.5 Å². The van der Waals surface area contributed by atoms with Crippen LogP contribution in [0, 0.1) is 0 Å². The van der Waals surface area contributed by atoms with E-state index < -0.39 is 0 Å². The molecule has 3 heteroatoms. The lowest BCUT2D eigenvalue weighted by atomic mass is 10.1. The van der Waals surface area contributed by atoms with E-state index in [1.807, 2.05) is 31.2 Å². The summed E-state index contributed by atoms with van der Waals surface area (Å²) in [5.74, 6) is 1.78. The van der Waals surface area contributed by atoms with Crippen LogP contribution in [0.4, 0.5) is 0 Å². The molecule has 1 aliphatic rings. The molecular formula is C15H23NO2. The summed E-state index contributed by atoms with van der Waals surface area (Å²) in [7, 11) is 0. The van der Waals surface area contributed by atoms with E-state index in [4.69, 9.17) is 9.47 Å². The van der Waals surface area contributed by atoms with Gasteiger partial charge in [-0.1, -0.05) is 6.07 Å². The minimum Gasteiger partial charge on any atom is -0.494 e. The van der Waals surface area contributed by atoms with Crippen LogP contribution in [0.1, 0.15) is 32.6 Å². The molecule has 1 aromatic carbocycles. The topological polar surface area (TPSA) is 30.5 Å². The molecule has 1 atom stereocenters. The Balaban J connectivity index is 1.67. The summed E-state index contributed by atoms with van der Waals surface area (Å²) in [6, 6.07) is 8.58. The van der Waals surface area contributed by atoms with Crippen molar-refractivity contribution in [2.45, 2.75) is 38.6 Å². The smallest absolute Gasteiger partial charge is 0.122 e. The van der Waals surface area contributed by atoms with E-state index in [9.17, 15) is 0 Å². The quantitative estimate of drug-likeness (QED) is 0.754. The van der Waals surface area contributed by atoms with Gasteiger partial charge >= 0.3 is 0 Å². The van der Waals surface area contributed by atoms with Crippen molar-refractivity contribution in [1.29, 1.82) is 0 Å². The van der Waals surface area contributed by atoms with Gasteiger partial charge in [0.2, 0.25) is 0 Å². The molecule has 2 rings (SSSR count). The van der Waals surface area contributed by atoms with Gasteiger partial charge in [0, 0.05) is 12.1 Å². The molecule has 1 aliphatic heterocycles. The summed E-state index contributed by atoms with van der Waals surface area (Å²) in [5.41, 5.74) is 0. The zero-order valence-electron chi connectivity index (χ0n) is 11.2. The number of benzene rings is 1. The number of ether oxygens (including phenoxy) is 2. The highest BCUT2D eigenvalue weighted by atomic mass is 16.5. The van der Waals surface area contributed by atoms with Crippen molar-refractivity contribution in [2.24, 2.45) is 0 Å². The van der Waals surface area contributed by atoms with Crippen LogP contribution >= 0.6 is 0 Å². The fraction of sp³-hybridized carbons (Fsp3) is 0.600. The van der Waals surface area contributed by atoms with E-state index in [0.717, 1.165) is 24.5 Å². The van der Waals surface area contributed by atoms with Gasteiger partial charge in [-0.3, -0.25) is 0 Å². The first-order chi connectivity index (χ1) is 8.88. The maximum atomic E-state index is 5.75. The van der Waals surface area contributed by atoms with Gasteiger partial charge in [-0.15, -0.1) is 0 Å². The van der Waals surface area contributed by atoms with Gasteiger partial charge in [0.05, 0.1) is 13.2 Å². The third-order valence-corrected chi connectivity index (χ3v) is 3.24. The summed E-state index contributed by atoms with van der Waals surface area (Å²) < 4.78 is 11.2. The van der Waals surface area contributed by atoms with Crippen LogP contribution in [-0.4, -0.2) is 25.8 Å². The minimum absolute atomic E-state index is 0.691. The Hall–Kier alpha value is -1.22. The molecule has 0 saturated carbocycles. The SMILES string of the molecule is CCOc1cccc(OCCCC2CCCN2)c1. The van der Waals surface area contributed by atoms with Crippen LogP contribution in [0.25, 0.3) is 0 Å². The predicted octanol–water partition coefficient (Wildman–Crippen LogP) is 3.00. The van der Waals surface area contributed by atoms with Crippen LogP contribution in [0.2, 0.25) is 0 Å². The van der Waals surface area contributed by atoms with E-state index in [1.54, 1.807) is 0 Å². The van der Waals surface area contributed by atoms with Crippen molar-refractivity contribution in [3.8, 4) is 11.5 Å². The molecule has 0 bridgehead atoms. The lowest BCUT2D eigenvalue weighted by molar-refractivity contribution is 0.294. The molecule has 0 aliphatic carbocycles. The summed E-state index contributed by atoms with van der Waals surface area (Å²) in [4.78, 5) is 0. The van der Waals surface area contributed by atoms with Crippen LogP contribution in [0.3, 0.4) is 0 Å². The first-order valence-corrected chi connectivity index (χ1v) is 6.97. The lowest BCUT2D eigenvalue weighted by Gasteiger charge is -2.11. The highest BCUT2D eigenvalue weighted by Crippen LogP contribution is 2.20. The molecule has 0 amide bonds. The maximum Gasteiger partial charge on any atom is 0.122 e. The fourth-order valence-corrected chi connectivity index (χ4v) is 2.34. The van der Waals surface area contributed by atoms with Crippen molar-refractivity contribution in [3.63, 3.8) is 0 Å². The summed E-state index contributed by atoms with van der Waals surface area (Å²) >= 11 is 0. The van der Waals surface area contributed by atoms with Crippen molar-refractivity contribution >= 4 is 0 Å². The Morgan fingerprint density at radius 1 is 1.28 bits per heavy atom. The third kappa shape index (κ3) is 4.22. The molecule has 1 unspecified atom stereocenters. The monoisotopic (exact) mass is 249 g/mol. The number of hydrogen-bond acceptors (Lipinski definition) is 3. The van der Waals surface area contributed by atoms with Gasteiger partial charge in [0.15, 0.2) is 0 Å². The standard InChI is InChI=1S/C15H23NO2/c1-2-17-14-8-3-9-15(12-14)18-11-5-7-13-6-4-10-16-13/h3,8-9,12-13,16H,2,4-7,10-11H2,1H3. The Morgan fingerprint density at radius 2 is 2.11 bits per heavy atom. The van der Waals surface area contributed by atoms with Gasteiger partial charge in [0.25, 0.3) is 0 Å². The predicted molar refractivity (Wildman–Crippen MR) is 73.4 cm³/mol. The van der Waals surface area contributed by atoms with Crippen LogP contribution in [0.15, 0.2) is 24.3 Å². The molecule has 1 fully saturated rings. The first-order valence-electron chi connectivity index (χ1n) is 6.97. The molecule has 0 radical (unpaired) electrons. The summed E-state index contributed by atoms with van der Waals surface area (Å²) in [6.45, 7) is 4.65. The van der Waals surface area contributed by atoms with Crippen molar-refractivity contribution in [3.05, 3.63) is 24.3 Å². The van der Waals surface area contributed by atoms with Gasteiger partial charge in [0.1, 0.15) is 11.5 Å². The van der Waals surface area contributed by atoms with E-state index in [1.165, 1.54) is 25.8 Å². The number of rotatable bonds is 7. The molecule has 0 spiro atoms. The minimum atomic E-state index is 0.691. The average molecular weight is 249 g/mol. The molecule has 1 N–H and O–H groups in total. The fourth-order valence-electron chi connectivity index (χ4n) is 2.34. The van der Waals surface area contributed by atoms with E-state index >= 15 is 0 Å². The Bertz CT molecular complexity index is 348. The van der Waals surface area contributed by atoms with Gasteiger partial charge in [-0.05, 0) is 51.3 Å². The number of hydrogen-bond donors (Lipinski definition) is 1. The third-order valence-electron chi connectivity index (χ3n) is 3.24. The molecule has 18 heavy (non-hydrogen) atoms. The zero-order valence-corrected chi connectivity index (χ0v) is 11.2. The molecule has 1 saturated heterocycles. The van der Waals surface area contributed by atoms with Gasteiger partial charge in [-0.25, -0.2) is 0 Å². The molecule has 0 aromatic heterocycles. The molecule has 100 valence electrons. The summed E-state index contributed by atoms with van der Waals surface area (Å²) in [6.07, 6.45) is 4.96. The zero-order chi connectivity index (χ0) is 12.6. The highest BCUT2D eigenvalue weighted by Gasteiger charge is 2.12. The molecular weight excluding hydrogens is 226 g/mol. The van der Waals surface area contributed by atoms with Crippen molar-refractivity contribution in [2.75, 3.05) is 19.8 Å². The van der Waals surface area contributed by atoms with Gasteiger partial charge < -0.3 is 14.8 Å². The second-order valence-corrected chi connectivity index (χ2v) is 4.69. The first kappa shape index (κ1) is 13.2. The Kier molecular flexibility index (Phi) is 5.34. The second kappa shape index (κ2) is 7.27. The average Bonchev–Trinajstić information content (AvgIpc) is 2.89. The van der Waals surface area contributed by atoms with Crippen LogP contribution in [-0.2, 0) is 0 Å². The normalized spacial score (nSPS) is 18.8. The largest absolute Gasteiger partial charge is 0.494 e. The van der Waals surface area contributed by atoms with E-state index in [0.29, 0.717) is 12.6 Å². The number of nitrogens with one attached hydrogen (secondary N) is 1. The second-order valence-electron chi connectivity index (χ2n) is 4.69. The van der Waals surface area contributed by atoms with E-state index in [-0.39, 0.29) is 0 Å². The van der Waals surface area contributed by atoms with Crippen molar-refractivity contribution < 1.29 is 9.47 Å². The highest BCUT2D eigenvalue weighted by molar-refractivity contribution is 5.32. The summed E-state index contributed by atoms with van der Waals surface area (Å²) in [5, 5.41) is 3.51. The van der Waals surface area contributed by atoms with Crippen LogP contribution < -0.4 is 14.8 Å². The Labute approximate surface area is 109 Å². The maximum absolute atomic E-state index is 5.75. The molecule has 1 heterocycles.